The fourth-order valence-electron chi connectivity index (χ4n) is 1.16. The fourth-order valence-corrected chi connectivity index (χ4v) is 1.16. The van der Waals surface area contributed by atoms with Crippen molar-refractivity contribution >= 4 is 23.9 Å². The van der Waals surface area contributed by atoms with E-state index in [1.165, 1.54) is 0 Å². The summed E-state index contributed by atoms with van der Waals surface area (Å²) in [6.07, 6.45) is -0.842. The third kappa shape index (κ3) is 5.20. The lowest BCUT2D eigenvalue weighted by Crippen LogP contribution is -2.37. The zero-order valence-corrected chi connectivity index (χ0v) is 10.4. The molecule has 1 saturated heterocycles. The summed E-state index contributed by atoms with van der Waals surface area (Å²) in [6.45, 7) is 0. The molecule has 2 unspecified atom stereocenters. The molecule has 0 spiro atoms. The minimum Gasteiger partial charge on any atom is -0.318 e. The smallest absolute Gasteiger partial charge is 0.318 e. The van der Waals surface area contributed by atoms with Crippen LogP contribution >= 0.6 is 0 Å². The van der Waals surface area contributed by atoms with Gasteiger partial charge in [-0.05, 0) is 12.8 Å². The monoisotopic (exact) mass is 290 g/mol. The van der Waals surface area contributed by atoms with Crippen molar-refractivity contribution in [3.05, 3.63) is 0 Å². The van der Waals surface area contributed by atoms with Crippen molar-refractivity contribution in [2.24, 2.45) is 11.5 Å². The molecular formula is C10H14N2O8. The third-order valence-electron chi connectivity index (χ3n) is 2.36. The van der Waals surface area contributed by atoms with E-state index in [2.05, 4.69) is 19.6 Å². The minimum atomic E-state index is -1.20. The van der Waals surface area contributed by atoms with Crippen LogP contribution in [0.15, 0.2) is 0 Å². The highest BCUT2D eigenvalue weighted by Crippen LogP contribution is 2.05. The van der Waals surface area contributed by atoms with Crippen LogP contribution in [0.5, 0.6) is 0 Å². The largest absolute Gasteiger partial charge is 0.372 e. The Hall–Kier alpha value is -2.20. The molecule has 1 heterocycles. The Morgan fingerprint density at radius 2 is 1.05 bits per heavy atom. The van der Waals surface area contributed by atoms with Crippen LogP contribution < -0.4 is 11.5 Å². The summed E-state index contributed by atoms with van der Waals surface area (Å²) in [5.41, 5.74) is 10.8. The summed E-state index contributed by atoms with van der Waals surface area (Å²) >= 11 is 0. The summed E-state index contributed by atoms with van der Waals surface area (Å²) < 4.78 is 0. The van der Waals surface area contributed by atoms with Gasteiger partial charge in [0.2, 0.25) is 0 Å². The van der Waals surface area contributed by atoms with E-state index in [0.717, 1.165) is 0 Å². The molecule has 0 amide bonds. The molecule has 0 bridgehead atoms. The Bertz CT molecular complexity index is 372. The van der Waals surface area contributed by atoms with Crippen molar-refractivity contribution in [3.8, 4) is 0 Å². The second kappa shape index (κ2) is 7.40. The van der Waals surface area contributed by atoms with Gasteiger partial charge in [-0.1, -0.05) is 0 Å². The van der Waals surface area contributed by atoms with Gasteiger partial charge in [-0.3, -0.25) is 0 Å². The first-order valence-electron chi connectivity index (χ1n) is 5.73. The van der Waals surface area contributed by atoms with E-state index >= 15 is 0 Å². The second-order valence-corrected chi connectivity index (χ2v) is 4.01. The Labute approximate surface area is 113 Å². The van der Waals surface area contributed by atoms with Crippen LogP contribution in [0.3, 0.4) is 0 Å². The molecule has 10 nitrogen and oxygen atoms in total. The van der Waals surface area contributed by atoms with Crippen molar-refractivity contribution in [3.63, 3.8) is 0 Å². The van der Waals surface area contributed by atoms with Gasteiger partial charge in [0.15, 0.2) is 0 Å². The van der Waals surface area contributed by atoms with Crippen LogP contribution in [0.2, 0.25) is 0 Å². The molecule has 0 aliphatic carbocycles. The molecule has 20 heavy (non-hydrogen) atoms. The van der Waals surface area contributed by atoms with Gasteiger partial charge in [-0.25, -0.2) is 38.7 Å². The highest BCUT2D eigenvalue weighted by atomic mass is 17.2. The quantitative estimate of drug-likeness (QED) is 0.488. The first-order chi connectivity index (χ1) is 9.40. The van der Waals surface area contributed by atoms with Crippen LogP contribution in [0.1, 0.15) is 25.7 Å². The maximum atomic E-state index is 11.3. The molecule has 0 aromatic carbocycles. The van der Waals surface area contributed by atoms with Crippen LogP contribution in [-0.4, -0.2) is 36.0 Å². The molecule has 1 fully saturated rings. The minimum absolute atomic E-state index is 0.140. The van der Waals surface area contributed by atoms with Gasteiger partial charge < -0.3 is 11.5 Å². The first-order valence-corrected chi connectivity index (χ1v) is 5.73. The van der Waals surface area contributed by atoms with E-state index in [4.69, 9.17) is 11.5 Å². The van der Waals surface area contributed by atoms with E-state index in [1.807, 2.05) is 0 Å². The zero-order valence-electron chi connectivity index (χ0n) is 10.4. The van der Waals surface area contributed by atoms with Gasteiger partial charge in [-0.15, -0.1) is 0 Å². The van der Waals surface area contributed by atoms with Crippen LogP contribution in [-0.2, 0) is 38.7 Å². The highest BCUT2D eigenvalue weighted by molar-refractivity contribution is 5.80. The number of carbonyl (C=O) groups excluding carboxylic acids is 4. The van der Waals surface area contributed by atoms with Gasteiger partial charge in [0.05, 0.1) is 12.8 Å². The van der Waals surface area contributed by atoms with Gasteiger partial charge in [0.25, 0.3) is 0 Å². The number of carbonyl (C=O) groups is 4. The van der Waals surface area contributed by atoms with E-state index < -0.39 is 36.0 Å². The van der Waals surface area contributed by atoms with Crippen molar-refractivity contribution < 1.29 is 38.7 Å². The average molecular weight is 290 g/mol. The number of hydrogen-bond donors (Lipinski definition) is 2. The van der Waals surface area contributed by atoms with Gasteiger partial charge >= 0.3 is 23.9 Å². The Morgan fingerprint density at radius 3 is 1.40 bits per heavy atom. The molecule has 0 radical (unpaired) electrons. The summed E-state index contributed by atoms with van der Waals surface area (Å²) in [5, 5.41) is 0. The predicted octanol–water partition coefficient (Wildman–Crippen LogP) is -1.78. The number of nitrogens with two attached hydrogens (primary N) is 2. The maximum Gasteiger partial charge on any atom is 0.372 e. The Kier molecular flexibility index (Phi) is 5.87. The van der Waals surface area contributed by atoms with E-state index in [1.54, 1.807) is 0 Å². The topological polar surface area (TPSA) is 157 Å². The lowest BCUT2D eigenvalue weighted by atomic mass is 10.2. The standard InChI is InChI=1S/C10H14N2O8/c11-5-1-3-7(13)17-18-8(14)4-2-6(12)10(16)20-19-9(5)15/h5-6H,1-4,11-12H2. The van der Waals surface area contributed by atoms with Crippen molar-refractivity contribution in [2.45, 2.75) is 37.8 Å². The van der Waals surface area contributed by atoms with Crippen LogP contribution in [0.25, 0.3) is 0 Å². The molecule has 1 rings (SSSR count). The van der Waals surface area contributed by atoms with Crippen molar-refractivity contribution in [1.82, 2.24) is 0 Å². The Balaban J connectivity index is 2.65. The normalized spacial score (nSPS) is 26.7. The summed E-state index contributed by atoms with van der Waals surface area (Å²) in [4.78, 5) is 61.6. The SMILES string of the molecule is NC1CCC(=O)OOC(=O)CCC(N)C(=O)OOC1=O. The number of hydrogen-bond acceptors (Lipinski definition) is 10. The number of rotatable bonds is 0. The zero-order chi connectivity index (χ0) is 15.1. The van der Waals surface area contributed by atoms with Gasteiger partial charge in [0, 0.05) is 0 Å². The molecule has 0 aromatic rings. The molecule has 1 aliphatic heterocycles. The lowest BCUT2D eigenvalue weighted by Gasteiger charge is -2.12. The lowest BCUT2D eigenvalue weighted by molar-refractivity contribution is -0.264. The second-order valence-electron chi connectivity index (χ2n) is 4.01. The molecule has 112 valence electrons. The molecular weight excluding hydrogens is 276 g/mol. The highest BCUT2D eigenvalue weighted by Gasteiger charge is 2.25. The van der Waals surface area contributed by atoms with Crippen LogP contribution in [0, 0.1) is 0 Å². The summed E-state index contributed by atoms with van der Waals surface area (Å²) in [6, 6.07) is -2.41. The molecule has 0 saturated carbocycles. The molecule has 0 aromatic heterocycles. The van der Waals surface area contributed by atoms with Crippen molar-refractivity contribution in [1.29, 1.82) is 0 Å². The molecule has 4 N–H and O–H groups in total. The van der Waals surface area contributed by atoms with Crippen LogP contribution in [0.4, 0.5) is 0 Å². The van der Waals surface area contributed by atoms with E-state index in [0.29, 0.717) is 0 Å². The maximum absolute atomic E-state index is 11.3. The van der Waals surface area contributed by atoms with E-state index in [-0.39, 0.29) is 25.7 Å². The summed E-state index contributed by atoms with van der Waals surface area (Å²) in [5.74, 6) is -3.82. The first kappa shape index (κ1) is 15.9. The van der Waals surface area contributed by atoms with Gasteiger partial charge in [-0.2, -0.15) is 0 Å². The third-order valence-corrected chi connectivity index (χ3v) is 2.36. The summed E-state index contributed by atoms with van der Waals surface area (Å²) in [7, 11) is 0. The molecule has 2 atom stereocenters. The average Bonchev–Trinajstić information content (AvgIpc) is 2.43. The van der Waals surface area contributed by atoms with E-state index in [9.17, 15) is 19.2 Å². The predicted molar refractivity (Wildman–Crippen MR) is 58.8 cm³/mol. The molecule has 1 aliphatic rings. The van der Waals surface area contributed by atoms with Gasteiger partial charge in [0.1, 0.15) is 12.1 Å². The molecule has 10 heteroatoms. The fraction of sp³-hybridized carbons (Fsp3) is 0.600. The Morgan fingerprint density at radius 1 is 0.700 bits per heavy atom. The van der Waals surface area contributed by atoms with Crippen molar-refractivity contribution in [2.75, 3.05) is 0 Å².